The molecule has 0 aromatic heterocycles. The highest BCUT2D eigenvalue weighted by Crippen LogP contribution is 2.19. The number of ether oxygens (including phenoxy) is 3. The molecule has 0 aromatic rings. The zero-order chi connectivity index (χ0) is 13.7. The fraction of sp³-hybridized carbons (Fsp3) is 1.00. The lowest BCUT2D eigenvalue weighted by atomic mass is 10.00. The molecule has 3 heteroatoms. The van der Waals surface area contributed by atoms with Crippen LogP contribution < -0.4 is 0 Å². The van der Waals surface area contributed by atoms with Crippen molar-refractivity contribution in [2.24, 2.45) is 0 Å². The fourth-order valence-electron chi connectivity index (χ4n) is 1.74. The van der Waals surface area contributed by atoms with Crippen molar-refractivity contribution in [2.75, 3.05) is 33.0 Å². The summed E-state index contributed by atoms with van der Waals surface area (Å²) < 4.78 is 17.0. The number of unbranched alkanes of at least 4 members (excludes halogenated alkanes) is 1. The Bertz CT molecular complexity index is 163. The molecule has 1 unspecified atom stereocenters. The van der Waals surface area contributed by atoms with E-state index in [1.807, 2.05) is 0 Å². The van der Waals surface area contributed by atoms with Crippen LogP contribution in [0.1, 0.15) is 59.8 Å². The van der Waals surface area contributed by atoms with E-state index in [0.717, 1.165) is 32.5 Å². The van der Waals surface area contributed by atoms with Gasteiger partial charge < -0.3 is 14.2 Å². The Labute approximate surface area is 113 Å². The van der Waals surface area contributed by atoms with Gasteiger partial charge in [0.1, 0.15) is 0 Å². The minimum atomic E-state index is -0.128. The van der Waals surface area contributed by atoms with Crippen LogP contribution in [0.2, 0.25) is 0 Å². The third-order valence-corrected chi connectivity index (χ3v) is 2.84. The van der Waals surface area contributed by atoms with Gasteiger partial charge in [0.2, 0.25) is 0 Å². The Morgan fingerprint density at radius 3 is 2.06 bits per heavy atom. The first-order valence-corrected chi connectivity index (χ1v) is 7.48. The Kier molecular flexibility index (Phi) is 11.9. The zero-order valence-corrected chi connectivity index (χ0v) is 12.8. The van der Waals surface area contributed by atoms with E-state index in [1.54, 1.807) is 0 Å². The zero-order valence-electron chi connectivity index (χ0n) is 12.8. The van der Waals surface area contributed by atoms with E-state index in [2.05, 4.69) is 27.7 Å². The third-order valence-electron chi connectivity index (χ3n) is 2.84. The molecule has 0 aliphatic carbocycles. The largest absolute Gasteiger partial charge is 0.379 e. The van der Waals surface area contributed by atoms with Gasteiger partial charge in [0.25, 0.3) is 0 Å². The molecule has 0 spiro atoms. The Balaban J connectivity index is 3.77. The van der Waals surface area contributed by atoms with Crippen LogP contribution in [0, 0.1) is 0 Å². The summed E-state index contributed by atoms with van der Waals surface area (Å²) in [5.74, 6) is 0. The molecule has 0 saturated heterocycles. The van der Waals surface area contributed by atoms with Gasteiger partial charge in [0, 0.05) is 13.2 Å². The van der Waals surface area contributed by atoms with E-state index in [1.165, 1.54) is 12.8 Å². The van der Waals surface area contributed by atoms with Crippen molar-refractivity contribution in [1.82, 2.24) is 0 Å². The molecule has 18 heavy (non-hydrogen) atoms. The van der Waals surface area contributed by atoms with E-state index in [9.17, 15) is 0 Å². The van der Waals surface area contributed by atoms with Crippen LogP contribution in [0.25, 0.3) is 0 Å². The minimum absolute atomic E-state index is 0.128. The normalized spacial score (nSPS) is 14.7. The number of hydrogen-bond acceptors (Lipinski definition) is 3. The van der Waals surface area contributed by atoms with Crippen molar-refractivity contribution in [3.8, 4) is 0 Å². The van der Waals surface area contributed by atoms with Crippen LogP contribution in [0.3, 0.4) is 0 Å². The lowest BCUT2D eigenvalue weighted by Gasteiger charge is -2.29. The van der Waals surface area contributed by atoms with Gasteiger partial charge in [0.15, 0.2) is 0 Å². The summed E-state index contributed by atoms with van der Waals surface area (Å²) >= 11 is 0. The summed E-state index contributed by atoms with van der Waals surface area (Å²) in [7, 11) is 0. The van der Waals surface area contributed by atoms with Crippen LogP contribution >= 0.6 is 0 Å². The number of rotatable bonds is 13. The summed E-state index contributed by atoms with van der Waals surface area (Å²) in [6.45, 7) is 12.3. The van der Waals surface area contributed by atoms with Crippen LogP contribution in [0.5, 0.6) is 0 Å². The highest BCUT2D eigenvalue weighted by molar-refractivity contribution is 4.74. The van der Waals surface area contributed by atoms with Gasteiger partial charge in [-0.15, -0.1) is 0 Å². The standard InChI is InChI=1S/C15H32O3/c1-5-8-9-15(4,18-11-7-3)14-17-13-12-16-10-6-2/h5-14H2,1-4H3. The molecule has 0 saturated carbocycles. The smallest absolute Gasteiger partial charge is 0.0886 e. The lowest BCUT2D eigenvalue weighted by Crippen LogP contribution is -2.35. The highest BCUT2D eigenvalue weighted by Gasteiger charge is 2.24. The topological polar surface area (TPSA) is 27.7 Å². The molecular weight excluding hydrogens is 228 g/mol. The minimum Gasteiger partial charge on any atom is -0.379 e. The Morgan fingerprint density at radius 2 is 1.44 bits per heavy atom. The maximum Gasteiger partial charge on any atom is 0.0886 e. The summed E-state index contributed by atoms with van der Waals surface area (Å²) in [6.07, 6.45) is 5.58. The summed E-state index contributed by atoms with van der Waals surface area (Å²) in [5.41, 5.74) is -0.128. The van der Waals surface area contributed by atoms with Gasteiger partial charge in [-0.1, -0.05) is 33.6 Å². The molecule has 0 amide bonds. The average molecular weight is 260 g/mol. The Morgan fingerprint density at radius 1 is 0.778 bits per heavy atom. The molecule has 1 atom stereocenters. The van der Waals surface area contributed by atoms with Crippen molar-refractivity contribution in [3.05, 3.63) is 0 Å². The monoisotopic (exact) mass is 260 g/mol. The second-order valence-electron chi connectivity index (χ2n) is 5.07. The maximum atomic E-state index is 5.94. The fourth-order valence-corrected chi connectivity index (χ4v) is 1.74. The molecular formula is C15H32O3. The molecule has 3 nitrogen and oxygen atoms in total. The van der Waals surface area contributed by atoms with E-state index in [0.29, 0.717) is 19.8 Å². The van der Waals surface area contributed by atoms with Crippen molar-refractivity contribution in [2.45, 2.75) is 65.4 Å². The maximum absolute atomic E-state index is 5.94. The molecule has 0 aliphatic heterocycles. The van der Waals surface area contributed by atoms with Gasteiger partial charge in [0.05, 0.1) is 25.4 Å². The molecule has 0 N–H and O–H groups in total. The van der Waals surface area contributed by atoms with Crippen LogP contribution in [-0.4, -0.2) is 38.6 Å². The first-order valence-electron chi connectivity index (χ1n) is 7.48. The van der Waals surface area contributed by atoms with Crippen LogP contribution in [0.15, 0.2) is 0 Å². The second-order valence-corrected chi connectivity index (χ2v) is 5.07. The van der Waals surface area contributed by atoms with Gasteiger partial charge in [-0.2, -0.15) is 0 Å². The van der Waals surface area contributed by atoms with Crippen LogP contribution in [0.4, 0.5) is 0 Å². The van der Waals surface area contributed by atoms with E-state index >= 15 is 0 Å². The van der Waals surface area contributed by atoms with Gasteiger partial charge in [-0.05, 0) is 26.2 Å². The highest BCUT2D eigenvalue weighted by atomic mass is 16.6. The Hall–Kier alpha value is -0.120. The molecule has 0 aliphatic rings. The van der Waals surface area contributed by atoms with Crippen LogP contribution in [-0.2, 0) is 14.2 Å². The average Bonchev–Trinajstić information content (AvgIpc) is 2.38. The summed E-state index contributed by atoms with van der Waals surface area (Å²) in [6, 6.07) is 0. The number of hydrogen-bond donors (Lipinski definition) is 0. The molecule has 0 rings (SSSR count). The van der Waals surface area contributed by atoms with Gasteiger partial charge in [-0.3, -0.25) is 0 Å². The lowest BCUT2D eigenvalue weighted by molar-refractivity contribution is -0.0978. The molecule has 0 aromatic carbocycles. The quantitative estimate of drug-likeness (QED) is 0.471. The predicted octanol–water partition coefficient (Wildman–Crippen LogP) is 3.81. The van der Waals surface area contributed by atoms with E-state index in [4.69, 9.17) is 14.2 Å². The van der Waals surface area contributed by atoms with Crippen molar-refractivity contribution in [1.29, 1.82) is 0 Å². The summed E-state index contributed by atoms with van der Waals surface area (Å²) in [4.78, 5) is 0. The summed E-state index contributed by atoms with van der Waals surface area (Å²) in [5, 5.41) is 0. The van der Waals surface area contributed by atoms with E-state index < -0.39 is 0 Å². The first kappa shape index (κ1) is 17.9. The molecule has 110 valence electrons. The molecule has 0 heterocycles. The predicted molar refractivity (Wildman–Crippen MR) is 76.1 cm³/mol. The molecule has 0 bridgehead atoms. The molecule has 0 radical (unpaired) electrons. The second kappa shape index (κ2) is 11.9. The van der Waals surface area contributed by atoms with E-state index in [-0.39, 0.29) is 5.60 Å². The third kappa shape index (κ3) is 9.86. The SMILES string of the molecule is CCCCC(C)(COCCOCCC)OCCC. The van der Waals surface area contributed by atoms with Crippen molar-refractivity contribution >= 4 is 0 Å². The van der Waals surface area contributed by atoms with Crippen molar-refractivity contribution < 1.29 is 14.2 Å². The van der Waals surface area contributed by atoms with Crippen molar-refractivity contribution in [3.63, 3.8) is 0 Å². The molecule has 0 fully saturated rings. The van der Waals surface area contributed by atoms with Gasteiger partial charge in [-0.25, -0.2) is 0 Å². The van der Waals surface area contributed by atoms with Gasteiger partial charge >= 0.3 is 0 Å². The first-order chi connectivity index (χ1) is 8.68.